The third kappa shape index (κ3) is 1.23. The molecule has 0 amide bonds. The van der Waals surface area contributed by atoms with E-state index >= 15 is 0 Å². The smallest absolute Gasteiger partial charge is 0.144 e. The van der Waals surface area contributed by atoms with E-state index in [1.54, 1.807) is 12.1 Å². The molecule has 1 aromatic heterocycles. The van der Waals surface area contributed by atoms with Gasteiger partial charge in [0.25, 0.3) is 0 Å². The number of aromatic nitrogens is 1. The van der Waals surface area contributed by atoms with Gasteiger partial charge in [-0.2, -0.15) is 0 Å². The second-order valence-corrected chi connectivity index (χ2v) is 2.01. The average Bonchev–Trinajstić information content (AvgIpc) is 1.80. The Hall–Kier alpha value is -0.960. The average molecular weight is 144 g/mol. The summed E-state index contributed by atoms with van der Waals surface area (Å²) < 4.78 is 0. The van der Waals surface area contributed by atoms with Gasteiger partial charge in [-0.15, -0.1) is 0 Å². The normalized spacial score (nSPS) is 9.44. The lowest BCUT2D eigenvalue weighted by Crippen LogP contribution is -1.95. The summed E-state index contributed by atoms with van der Waals surface area (Å²) in [6, 6.07) is 3.21. The van der Waals surface area contributed by atoms with Crippen LogP contribution < -0.4 is 11.5 Å². The molecule has 4 N–H and O–H groups in total. The van der Waals surface area contributed by atoms with E-state index in [0.717, 1.165) is 0 Å². The van der Waals surface area contributed by atoms with Crippen LogP contribution >= 0.6 is 11.6 Å². The molecule has 0 aromatic carbocycles. The summed E-state index contributed by atoms with van der Waals surface area (Å²) in [7, 11) is 0. The molecule has 0 unspecified atom stereocenters. The van der Waals surface area contributed by atoms with Crippen LogP contribution in [0.3, 0.4) is 0 Å². The Balaban J connectivity index is 3.17. The van der Waals surface area contributed by atoms with E-state index in [1.807, 2.05) is 0 Å². The SMILES string of the molecule is Nc1ccc(Cl)c(N)n1. The van der Waals surface area contributed by atoms with E-state index in [2.05, 4.69) is 4.98 Å². The van der Waals surface area contributed by atoms with Crippen LogP contribution in [0.5, 0.6) is 0 Å². The van der Waals surface area contributed by atoms with Crippen LogP contribution in [0, 0.1) is 0 Å². The van der Waals surface area contributed by atoms with Crippen molar-refractivity contribution in [3.63, 3.8) is 0 Å². The Labute approximate surface area is 57.6 Å². The lowest BCUT2D eigenvalue weighted by atomic mass is 10.4. The monoisotopic (exact) mass is 143 g/mol. The molecule has 1 aromatic rings. The van der Waals surface area contributed by atoms with E-state index in [9.17, 15) is 0 Å². The molecule has 0 atom stereocenters. The first kappa shape index (κ1) is 6.16. The molecule has 0 aliphatic carbocycles. The van der Waals surface area contributed by atoms with E-state index in [-0.39, 0.29) is 5.82 Å². The highest BCUT2D eigenvalue weighted by atomic mass is 35.5. The number of nitrogens with zero attached hydrogens (tertiary/aromatic N) is 1. The molecule has 1 heterocycles. The second-order valence-electron chi connectivity index (χ2n) is 1.60. The number of nitrogen functional groups attached to an aromatic ring is 2. The van der Waals surface area contributed by atoms with Crippen molar-refractivity contribution < 1.29 is 0 Å². The number of pyridine rings is 1. The molecular formula is C5H6ClN3. The van der Waals surface area contributed by atoms with Gasteiger partial charge >= 0.3 is 0 Å². The summed E-state index contributed by atoms with van der Waals surface area (Å²) >= 11 is 5.54. The van der Waals surface area contributed by atoms with Crippen molar-refractivity contribution in [3.05, 3.63) is 17.2 Å². The fourth-order valence-corrected chi connectivity index (χ4v) is 0.579. The minimum Gasteiger partial charge on any atom is -0.384 e. The number of hydrogen-bond acceptors (Lipinski definition) is 3. The third-order valence-electron chi connectivity index (χ3n) is 0.895. The molecule has 0 bridgehead atoms. The maximum absolute atomic E-state index is 5.54. The van der Waals surface area contributed by atoms with Gasteiger partial charge < -0.3 is 11.5 Å². The summed E-state index contributed by atoms with van der Waals surface area (Å²) in [4.78, 5) is 3.70. The van der Waals surface area contributed by atoms with Crippen LogP contribution in [0.15, 0.2) is 12.1 Å². The third-order valence-corrected chi connectivity index (χ3v) is 1.21. The fraction of sp³-hybridized carbons (Fsp3) is 0. The van der Waals surface area contributed by atoms with E-state index in [4.69, 9.17) is 23.1 Å². The first-order valence-electron chi connectivity index (χ1n) is 2.37. The van der Waals surface area contributed by atoms with Crippen LogP contribution in [0.25, 0.3) is 0 Å². The molecule has 3 nitrogen and oxygen atoms in total. The molecule has 0 aliphatic heterocycles. The highest BCUT2D eigenvalue weighted by Gasteiger charge is 1.94. The number of nitrogens with two attached hydrogens (primary N) is 2. The van der Waals surface area contributed by atoms with E-state index in [1.165, 1.54) is 0 Å². The molecule has 0 fully saturated rings. The molecule has 0 saturated heterocycles. The molecule has 48 valence electrons. The molecule has 4 heteroatoms. The predicted molar refractivity (Wildman–Crippen MR) is 38.1 cm³/mol. The van der Waals surface area contributed by atoms with Gasteiger partial charge in [-0.3, -0.25) is 0 Å². The standard InChI is InChI=1S/C5H6ClN3/c6-3-1-2-4(7)9-5(3)8/h1-2H,(H4,7,8,9). The van der Waals surface area contributed by atoms with Crippen molar-refractivity contribution in [2.45, 2.75) is 0 Å². The van der Waals surface area contributed by atoms with Crippen molar-refractivity contribution >= 4 is 23.2 Å². The zero-order valence-corrected chi connectivity index (χ0v) is 5.39. The molecule has 0 aliphatic rings. The summed E-state index contributed by atoms with van der Waals surface area (Å²) in [6.45, 7) is 0. The largest absolute Gasteiger partial charge is 0.384 e. The summed E-state index contributed by atoms with van der Waals surface area (Å²) in [5.74, 6) is 0.661. The Morgan fingerprint density at radius 2 is 2.00 bits per heavy atom. The first-order valence-corrected chi connectivity index (χ1v) is 2.75. The lowest BCUT2D eigenvalue weighted by Gasteiger charge is -1.95. The minimum atomic E-state index is 0.275. The van der Waals surface area contributed by atoms with Gasteiger partial charge in [0.05, 0.1) is 5.02 Å². The zero-order chi connectivity index (χ0) is 6.85. The Morgan fingerprint density at radius 1 is 1.33 bits per heavy atom. The van der Waals surface area contributed by atoms with Gasteiger partial charge in [0.1, 0.15) is 11.6 Å². The molecule has 9 heavy (non-hydrogen) atoms. The summed E-state index contributed by atoms with van der Waals surface area (Å²) in [6.07, 6.45) is 0. The van der Waals surface area contributed by atoms with E-state index < -0.39 is 0 Å². The van der Waals surface area contributed by atoms with Crippen molar-refractivity contribution in [2.75, 3.05) is 11.5 Å². The maximum atomic E-state index is 5.54. The quantitative estimate of drug-likeness (QED) is 0.567. The van der Waals surface area contributed by atoms with Crippen molar-refractivity contribution in [3.8, 4) is 0 Å². The highest BCUT2D eigenvalue weighted by molar-refractivity contribution is 6.32. The van der Waals surface area contributed by atoms with Gasteiger partial charge in [0.2, 0.25) is 0 Å². The summed E-state index contributed by atoms with van der Waals surface area (Å²) in [5.41, 5.74) is 10.6. The van der Waals surface area contributed by atoms with Gasteiger partial charge in [-0.05, 0) is 12.1 Å². The van der Waals surface area contributed by atoms with Crippen molar-refractivity contribution in [1.29, 1.82) is 0 Å². The number of rotatable bonds is 0. The molecule has 0 radical (unpaired) electrons. The van der Waals surface area contributed by atoms with Gasteiger partial charge in [0, 0.05) is 0 Å². The summed E-state index contributed by atoms with van der Waals surface area (Å²) in [5, 5.41) is 0.434. The van der Waals surface area contributed by atoms with Crippen LogP contribution in [-0.4, -0.2) is 4.98 Å². The van der Waals surface area contributed by atoms with Crippen LogP contribution in [-0.2, 0) is 0 Å². The van der Waals surface area contributed by atoms with Gasteiger partial charge in [-0.25, -0.2) is 4.98 Å². The first-order chi connectivity index (χ1) is 4.20. The maximum Gasteiger partial charge on any atom is 0.144 e. The van der Waals surface area contributed by atoms with Gasteiger partial charge in [0.15, 0.2) is 0 Å². The zero-order valence-electron chi connectivity index (χ0n) is 4.63. The predicted octanol–water partition coefficient (Wildman–Crippen LogP) is 0.899. The van der Waals surface area contributed by atoms with Crippen LogP contribution in [0.2, 0.25) is 5.02 Å². The molecule has 0 saturated carbocycles. The topological polar surface area (TPSA) is 64.9 Å². The van der Waals surface area contributed by atoms with Crippen LogP contribution in [0.4, 0.5) is 11.6 Å². The Kier molecular flexibility index (Phi) is 1.44. The van der Waals surface area contributed by atoms with Crippen molar-refractivity contribution in [1.82, 2.24) is 4.98 Å². The fourth-order valence-electron chi connectivity index (χ4n) is 0.474. The molecule has 0 spiro atoms. The van der Waals surface area contributed by atoms with Gasteiger partial charge in [-0.1, -0.05) is 11.6 Å². The molecule has 1 rings (SSSR count). The minimum absolute atomic E-state index is 0.275. The van der Waals surface area contributed by atoms with Crippen molar-refractivity contribution in [2.24, 2.45) is 0 Å². The number of hydrogen-bond donors (Lipinski definition) is 2. The Morgan fingerprint density at radius 3 is 2.44 bits per heavy atom. The Bertz CT molecular complexity index is 223. The molecular weight excluding hydrogens is 138 g/mol. The highest BCUT2D eigenvalue weighted by Crippen LogP contribution is 2.15. The second kappa shape index (κ2) is 2.11. The number of halogens is 1. The number of anilines is 2. The lowest BCUT2D eigenvalue weighted by molar-refractivity contribution is 1.34. The van der Waals surface area contributed by atoms with E-state index in [0.29, 0.717) is 10.8 Å². The van der Waals surface area contributed by atoms with Crippen LogP contribution in [0.1, 0.15) is 0 Å².